The highest BCUT2D eigenvalue weighted by Gasteiger charge is 2.45. The molecule has 22 heavy (non-hydrogen) atoms. The predicted molar refractivity (Wildman–Crippen MR) is 84.5 cm³/mol. The summed E-state index contributed by atoms with van der Waals surface area (Å²) >= 11 is 0. The van der Waals surface area contributed by atoms with Gasteiger partial charge in [0.2, 0.25) is 0 Å². The molecule has 0 fully saturated rings. The average molecular weight is 302 g/mol. The molecule has 3 atom stereocenters. The number of aliphatic hydroxyl groups excluding tert-OH is 1. The molecule has 1 aliphatic heterocycles. The Morgan fingerprint density at radius 3 is 2.91 bits per heavy atom. The fourth-order valence-corrected chi connectivity index (χ4v) is 3.53. The van der Waals surface area contributed by atoms with Gasteiger partial charge >= 0.3 is 0 Å². The number of hydrogen-bond donors (Lipinski definition) is 2. The fourth-order valence-electron chi connectivity index (χ4n) is 3.53. The van der Waals surface area contributed by atoms with Crippen molar-refractivity contribution < 1.29 is 14.6 Å². The summed E-state index contributed by atoms with van der Waals surface area (Å²) in [5, 5.41) is 11.4. The molecular formula is C17H22N2O3. The molecule has 2 aromatic rings. The standard InChI is InChI=1S/C17H22N2O3/c1-11(21)17(2,22-10-20)16-8-13-12-6-4-5-7-14(12)18-15(13)9-19(16)3/h4-7,10-11,16,18,21H,8-9H2,1-3H3/t11-,16?,17?/m0/s1. The summed E-state index contributed by atoms with van der Waals surface area (Å²) in [6.07, 6.45) is -0.0256. The van der Waals surface area contributed by atoms with E-state index in [9.17, 15) is 9.90 Å². The van der Waals surface area contributed by atoms with Gasteiger partial charge in [-0.15, -0.1) is 0 Å². The van der Waals surface area contributed by atoms with Crippen molar-refractivity contribution in [2.24, 2.45) is 0 Å². The van der Waals surface area contributed by atoms with Crippen LogP contribution in [0.2, 0.25) is 0 Å². The van der Waals surface area contributed by atoms with Crippen LogP contribution in [0.3, 0.4) is 0 Å². The number of hydrogen-bond acceptors (Lipinski definition) is 4. The molecule has 0 saturated carbocycles. The predicted octanol–water partition coefficient (Wildman–Crippen LogP) is 1.84. The van der Waals surface area contributed by atoms with Crippen molar-refractivity contribution in [3.8, 4) is 0 Å². The quantitative estimate of drug-likeness (QED) is 0.846. The maximum Gasteiger partial charge on any atom is 0.293 e. The number of fused-ring (bicyclic) bond motifs is 3. The zero-order valence-corrected chi connectivity index (χ0v) is 13.2. The van der Waals surface area contributed by atoms with Crippen LogP contribution in [0.15, 0.2) is 24.3 Å². The van der Waals surface area contributed by atoms with Gasteiger partial charge < -0.3 is 14.8 Å². The summed E-state index contributed by atoms with van der Waals surface area (Å²) in [5.74, 6) is 0. The molecular weight excluding hydrogens is 280 g/mol. The number of rotatable bonds is 4. The summed E-state index contributed by atoms with van der Waals surface area (Å²) in [4.78, 5) is 16.5. The Balaban J connectivity index is 2.04. The molecule has 0 saturated heterocycles. The van der Waals surface area contributed by atoms with E-state index in [1.165, 1.54) is 16.6 Å². The number of nitrogens with one attached hydrogen (secondary N) is 1. The Hall–Kier alpha value is -1.85. The van der Waals surface area contributed by atoms with Crippen LogP contribution < -0.4 is 0 Å². The number of H-pyrrole nitrogens is 1. The Morgan fingerprint density at radius 1 is 1.50 bits per heavy atom. The van der Waals surface area contributed by atoms with Crippen LogP contribution in [0.4, 0.5) is 0 Å². The second-order valence-electron chi connectivity index (χ2n) is 6.34. The van der Waals surface area contributed by atoms with E-state index in [1.807, 2.05) is 19.2 Å². The van der Waals surface area contributed by atoms with Gasteiger partial charge in [-0.1, -0.05) is 18.2 Å². The number of para-hydroxylation sites is 1. The number of likely N-dealkylation sites (N-methyl/N-ethyl adjacent to an activating group) is 1. The van der Waals surface area contributed by atoms with Crippen molar-refractivity contribution >= 4 is 17.4 Å². The van der Waals surface area contributed by atoms with Crippen molar-refractivity contribution in [3.63, 3.8) is 0 Å². The normalized spacial score (nSPS) is 22.8. The van der Waals surface area contributed by atoms with Crippen molar-refractivity contribution in [2.45, 2.75) is 44.6 Å². The molecule has 1 aliphatic rings. The first-order valence-corrected chi connectivity index (χ1v) is 7.55. The zero-order valence-electron chi connectivity index (χ0n) is 13.2. The van der Waals surface area contributed by atoms with Crippen molar-refractivity contribution in [3.05, 3.63) is 35.5 Å². The van der Waals surface area contributed by atoms with Gasteiger partial charge in [-0.05, 0) is 38.9 Å². The molecule has 0 amide bonds. The molecule has 5 nitrogen and oxygen atoms in total. The van der Waals surface area contributed by atoms with E-state index < -0.39 is 11.7 Å². The van der Waals surface area contributed by atoms with Crippen LogP contribution >= 0.6 is 0 Å². The Morgan fingerprint density at radius 2 is 2.23 bits per heavy atom. The summed E-state index contributed by atoms with van der Waals surface area (Å²) in [6, 6.07) is 8.14. The number of carbonyl (C=O) groups is 1. The number of benzene rings is 1. The molecule has 2 N–H and O–H groups in total. The number of aliphatic hydroxyl groups is 1. The molecule has 0 radical (unpaired) electrons. The highest BCUT2D eigenvalue weighted by molar-refractivity contribution is 5.85. The fraction of sp³-hybridized carbons (Fsp3) is 0.471. The van der Waals surface area contributed by atoms with Gasteiger partial charge in [0.1, 0.15) is 0 Å². The maximum absolute atomic E-state index is 10.9. The lowest BCUT2D eigenvalue weighted by molar-refractivity contribution is -0.167. The Bertz CT molecular complexity index is 694. The van der Waals surface area contributed by atoms with Gasteiger partial charge in [0, 0.05) is 23.1 Å². The Kier molecular flexibility index (Phi) is 3.70. The van der Waals surface area contributed by atoms with Crippen LogP contribution in [-0.2, 0) is 22.5 Å². The zero-order chi connectivity index (χ0) is 15.9. The molecule has 1 aromatic carbocycles. The molecule has 0 bridgehead atoms. The minimum atomic E-state index is -0.938. The third kappa shape index (κ3) is 2.21. The monoisotopic (exact) mass is 302 g/mol. The lowest BCUT2D eigenvalue weighted by Crippen LogP contribution is -2.59. The van der Waals surface area contributed by atoms with E-state index in [2.05, 4.69) is 22.0 Å². The van der Waals surface area contributed by atoms with Gasteiger partial charge in [0.05, 0.1) is 12.1 Å². The summed E-state index contributed by atoms with van der Waals surface area (Å²) in [7, 11) is 1.99. The first kappa shape index (κ1) is 15.1. The molecule has 0 aliphatic carbocycles. The van der Waals surface area contributed by atoms with Crippen LogP contribution in [0.5, 0.6) is 0 Å². The lowest BCUT2D eigenvalue weighted by Gasteiger charge is -2.45. The van der Waals surface area contributed by atoms with E-state index in [-0.39, 0.29) is 6.04 Å². The van der Waals surface area contributed by atoms with Gasteiger partial charge in [-0.3, -0.25) is 9.69 Å². The summed E-state index contributed by atoms with van der Waals surface area (Å²) < 4.78 is 5.32. The van der Waals surface area contributed by atoms with Gasteiger partial charge in [0.15, 0.2) is 5.60 Å². The SMILES string of the molecule is C[C@H](O)C(C)(OC=O)C1Cc2c([nH]c3ccccc23)CN1C. The van der Waals surface area contributed by atoms with E-state index in [0.29, 0.717) is 6.47 Å². The van der Waals surface area contributed by atoms with E-state index in [0.717, 1.165) is 18.5 Å². The van der Waals surface area contributed by atoms with Gasteiger partial charge in [-0.2, -0.15) is 0 Å². The number of nitrogens with zero attached hydrogens (tertiary/aromatic N) is 1. The van der Waals surface area contributed by atoms with Crippen LogP contribution in [0, 0.1) is 0 Å². The van der Waals surface area contributed by atoms with Gasteiger partial charge in [-0.25, -0.2) is 0 Å². The third-order valence-electron chi connectivity index (χ3n) is 5.03. The molecule has 3 rings (SSSR count). The molecule has 1 aromatic heterocycles. The average Bonchev–Trinajstić information content (AvgIpc) is 2.83. The summed E-state index contributed by atoms with van der Waals surface area (Å²) in [6.45, 7) is 4.64. The highest BCUT2D eigenvalue weighted by atomic mass is 16.6. The minimum absolute atomic E-state index is 0.0793. The van der Waals surface area contributed by atoms with Crippen LogP contribution in [0.1, 0.15) is 25.1 Å². The van der Waals surface area contributed by atoms with Crippen molar-refractivity contribution in [1.29, 1.82) is 0 Å². The largest absolute Gasteiger partial charge is 0.457 e. The topological polar surface area (TPSA) is 65.6 Å². The van der Waals surface area contributed by atoms with E-state index in [1.54, 1.807) is 13.8 Å². The lowest BCUT2D eigenvalue weighted by atomic mass is 9.82. The molecule has 5 heteroatoms. The first-order chi connectivity index (χ1) is 10.5. The summed E-state index contributed by atoms with van der Waals surface area (Å²) in [5.41, 5.74) is 2.63. The first-order valence-electron chi connectivity index (χ1n) is 7.55. The third-order valence-corrected chi connectivity index (χ3v) is 5.03. The molecule has 118 valence electrons. The Labute approximate surface area is 129 Å². The molecule has 2 heterocycles. The maximum atomic E-state index is 10.9. The van der Waals surface area contributed by atoms with Crippen LogP contribution in [-0.4, -0.2) is 46.3 Å². The van der Waals surface area contributed by atoms with Gasteiger partial charge in [0.25, 0.3) is 6.47 Å². The minimum Gasteiger partial charge on any atom is -0.457 e. The molecule has 0 spiro atoms. The number of aromatic amines is 1. The van der Waals surface area contributed by atoms with Crippen molar-refractivity contribution in [2.75, 3.05) is 7.05 Å². The second kappa shape index (κ2) is 5.41. The highest BCUT2D eigenvalue weighted by Crippen LogP contribution is 2.35. The second-order valence-corrected chi connectivity index (χ2v) is 6.34. The number of ether oxygens (including phenoxy) is 1. The van der Waals surface area contributed by atoms with E-state index >= 15 is 0 Å². The number of aromatic nitrogens is 1. The smallest absolute Gasteiger partial charge is 0.293 e. The number of carbonyl (C=O) groups excluding carboxylic acids is 1. The molecule has 2 unspecified atom stereocenters. The van der Waals surface area contributed by atoms with E-state index in [4.69, 9.17) is 4.74 Å². The van der Waals surface area contributed by atoms with Crippen LogP contribution in [0.25, 0.3) is 10.9 Å². The van der Waals surface area contributed by atoms with Crippen molar-refractivity contribution in [1.82, 2.24) is 9.88 Å².